The lowest BCUT2D eigenvalue weighted by molar-refractivity contribution is -0.0103. The van der Waals surface area contributed by atoms with Crippen LogP contribution in [0, 0.1) is 0 Å². The molecule has 1 atom stereocenters. The molecule has 0 aromatic carbocycles. The Bertz CT molecular complexity index is 342. The molecule has 0 saturated carbocycles. The highest BCUT2D eigenvalue weighted by molar-refractivity contribution is 6.51. The third-order valence-electron chi connectivity index (χ3n) is 3.53. The smallest absolute Gasteiger partial charge is 0.158 e. The number of rotatable bonds is 5. The number of ether oxygens (including phenoxy) is 1. The minimum absolute atomic E-state index is 0.588. The highest BCUT2D eigenvalue weighted by atomic mass is 16.5. The Morgan fingerprint density at radius 1 is 1.53 bits per heavy atom. The van der Waals surface area contributed by atoms with Crippen molar-refractivity contribution in [2.45, 2.75) is 32.8 Å². The highest BCUT2D eigenvalue weighted by Gasteiger charge is 2.20. The summed E-state index contributed by atoms with van der Waals surface area (Å²) in [6, 6.07) is 0.588. The second kappa shape index (κ2) is 6.22. The molecular weight excluding hydrogens is 213 g/mol. The lowest BCUT2D eigenvalue weighted by Gasteiger charge is -2.34. The van der Waals surface area contributed by atoms with Crippen LogP contribution in [0.2, 0.25) is 6.82 Å². The normalized spacial score (nSPS) is 21.6. The van der Waals surface area contributed by atoms with Crippen LogP contribution in [0.15, 0.2) is 12.4 Å². The maximum Gasteiger partial charge on any atom is 0.158 e. The van der Waals surface area contributed by atoms with Crippen molar-refractivity contribution < 1.29 is 4.74 Å². The van der Waals surface area contributed by atoms with Gasteiger partial charge in [0.1, 0.15) is 0 Å². The average Bonchev–Trinajstić information content (AvgIpc) is 2.84. The third kappa shape index (κ3) is 3.33. The quantitative estimate of drug-likeness (QED) is 0.678. The van der Waals surface area contributed by atoms with Gasteiger partial charge in [-0.3, -0.25) is 9.58 Å². The zero-order valence-corrected chi connectivity index (χ0v) is 10.9. The minimum Gasteiger partial charge on any atom is -0.378 e. The van der Waals surface area contributed by atoms with E-state index < -0.39 is 0 Å². The lowest BCUT2D eigenvalue weighted by atomic mass is 9.75. The number of morpholine rings is 1. The molecule has 17 heavy (non-hydrogen) atoms. The van der Waals surface area contributed by atoms with E-state index in [2.05, 4.69) is 34.6 Å². The second-order valence-corrected chi connectivity index (χ2v) is 4.64. The summed E-state index contributed by atoms with van der Waals surface area (Å²) < 4.78 is 7.57. The summed E-state index contributed by atoms with van der Waals surface area (Å²) in [5.74, 6) is 0. The summed E-state index contributed by atoms with van der Waals surface area (Å²) in [5, 5.41) is 4.38. The zero-order chi connectivity index (χ0) is 12.1. The maximum absolute atomic E-state index is 5.51. The topological polar surface area (TPSA) is 30.3 Å². The van der Waals surface area contributed by atoms with E-state index in [1.54, 1.807) is 0 Å². The van der Waals surface area contributed by atoms with E-state index >= 15 is 0 Å². The first kappa shape index (κ1) is 12.6. The molecule has 1 saturated heterocycles. The molecular formula is C12H22BN3O. The Balaban J connectivity index is 1.83. The summed E-state index contributed by atoms with van der Waals surface area (Å²) in [6.45, 7) is 9.27. The predicted molar refractivity (Wildman–Crippen MR) is 71.3 cm³/mol. The van der Waals surface area contributed by atoms with Crippen molar-refractivity contribution in [1.82, 2.24) is 14.7 Å². The van der Waals surface area contributed by atoms with Gasteiger partial charge in [-0.1, -0.05) is 13.7 Å². The molecule has 0 spiro atoms. The first-order valence-corrected chi connectivity index (χ1v) is 6.66. The van der Waals surface area contributed by atoms with Crippen LogP contribution >= 0.6 is 0 Å². The standard InChI is InChI=1S/C12H22BN3O/c1-3-12-10-17-7-6-15(12)4-5-16-9-11(13-2)8-14-16/h8-9,12-13H,3-7,10H2,1-2H3. The molecule has 1 aliphatic rings. The molecule has 0 aliphatic carbocycles. The molecule has 2 heterocycles. The molecule has 4 nitrogen and oxygen atoms in total. The number of hydrogen-bond acceptors (Lipinski definition) is 3. The first-order chi connectivity index (χ1) is 8.33. The molecule has 5 heteroatoms. The first-order valence-electron chi connectivity index (χ1n) is 6.66. The molecule has 94 valence electrons. The Morgan fingerprint density at radius 3 is 3.12 bits per heavy atom. The van der Waals surface area contributed by atoms with Crippen LogP contribution in [0.1, 0.15) is 13.3 Å². The van der Waals surface area contributed by atoms with E-state index in [1.807, 2.05) is 6.20 Å². The van der Waals surface area contributed by atoms with E-state index in [4.69, 9.17) is 4.74 Å². The van der Waals surface area contributed by atoms with Gasteiger partial charge in [0.05, 0.1) is 19.8 Å². The van der Waals surface area contributed by atoms with Crippen molar-refractivity contribution >= 4 is 12.7 Å². The van der Waals surface area contributed by atoms with Gasteiger partial charge in [-0.25, -0.2) is 0 Å². The SMILES string of the molecule is CBc1cnn(CCN2CCOCC2CC)c1. The maximum atomic E-state index is 5.51. The summed E-state index contributed by atoms with van der Waals surface area (Å²) in [4.78, 5) is 2.52. The van der Waals surface area contributed by atoms with Gasteiger partial charge in [-0.05, 0) is 11.9 Å². The van der Waals surface area contributed by atoms with Gasteiger partial charge in [0.2, 0.25) is 0 Å². The summed E-state index contributed by atoms with van der Waals surface area (Å²) in [7, 11) is 1.06. The molecule has 0 radical (unpaired) electrons. The summed E-state index contributed by atoms with van der Waals surface area (Å²) in [5.41, 5.74) is 1.32. The van der Waals surface area contributed by atoms with E-state index in [0.29, 0.717) is 6.04 Å². The Kier molecular flexibility index (Phi) is 4.62. The van der Waals surface area contributed by atoms with E-state index in [-0.39, 0.29) is 0 Å². The Labute approximate surface area is 104 Å². The van der Waals surface area contributed by atoms with E-state index in [9.17, 15) is 0 Å². The van der Waals surface area contributed by atoms with Crippen LogP contribution in [0.5, 0.6) is 0 Å². The van der Waals surface area contributed by atoms with Gasteiger partial charge >= 0.3 is 0 Å². The largest absolute Gasteiger partial charge is 0.378 e. The van der Waals surface area contributed by atoms with Crippen LogP contribution in [0.25, 0.3) is 0 Å². The van der Waals surface area contributed by atoms with Crippen LogP contribution in [-0.4, -0.2) is 54.3 Å². The third-order valence-corrected chi connectivity index (χ3v) is 3.53. The van der Waals surface area contributed by atoms with Gasteiger partial charge in [0, 0.05) is 31.5 Å². The molecule has 1 aromatic rings. The van der Waals surface area contributed by atoms with Crippen molar-refractivity contribution in [3.05, 3.63) is 12.4 Å². The van der Waals surface area contributed by atoms with Crippen LogP contribution in [0.3, 0.4) is 0 Å². The van der Waals surface area contributed by atoms with Crippen LogP contribution in [0.4, 0.5) is 0 Å². The molecule has 1 fully saturated rings. The van der Waals surface area contributed by atoms with Crippen LogP contribution < -0.4 is 5.46 Å². The van der Waals surface area contributed by atoms with Gasteiger partial charge in [-0.15, -0.1) is 0 Å². The van der Waals surface area contributed by atoms with Crippen molar-refractivity contribution in [3.8, 4) is 0 Å². The van der Waals surface area contributed by atoms with Gasteiger partial charge in [0.25, 0.3) is 0 Å². The van der Waals surface area contributed by atoms with Crippen molar-refractivity contribution in [3.63, 3.8) is 0 Å². The number of aromatic nitrogens is 2. The summed E-state index contributed by atoms with van der Waals surface area (Å²) in [6.07, 6.45) is 5.29. The van der Waals surface area contributed by atoms with E-state index in [0.717, 1.165) is 40.1 Å². The van der Waals surface area contributed by atoms with E-state index in [1.165, 1.54) is 11.9 Å². The van der Waals surface area contributed by atoms with Gasteiger partial charge in [0.15, 0.2) is 7.28 Å². The number of hydrogen-bond donors (Lipinski definition) is 0. The Hall–Kier alpha value is -0.805. The number of nitrogens with zero attached hydrogens (tertiary/aromatic N) is 3. The van der Waals surface area contributed by atoms with Gasteiger partial charge in [-0.2, -0.15) is 5.10 Å². The molecule has 0 bridgehead atoms. The predicted octanol–water partition coefficient (Wildman–Crippen LogP) is 0.104. The van der Waals surface area contributed by atoms with Crippen LogP contribution in [-0.2, 0) is 11.3 Å². The lowest BCUT2D eigenvalue weighted by Crippen LogP contribution is -2.46. The van der Waals surface area contributed by atoms with Gasteiger partial charge < -0.3 is 4.74 Å². The average molecular weight is 235 g/mol. The highest BCUT2D eigenvalue weighted by Crippen LogP contribution is 2.09. The molecule has 1 aliphatic heterocycles. The van der Waals surface area contributed by atoms with Crippen molar-refractivity contribution in [1.29, 1.82) is 0 Å². The van der Waals surface area contributed by atoms with Crippen molar-refractivity contribution in [2.24, 2.45) is 0 Å². The fourth-order valence-corrected chi connectivity index (χ4v) is 2.30. The monoisotopic (exact) mass is 235 g/mol. The molecule has 0 N–H and O–H groups in total. The summed E-state index contributed by atoms with van der Waals surface area (Å²) >= 11 is 0. The van der Waals surface area contributed by atoms with Crippen molar-refractivity contribution in [2.75, 3.05) is 26.3 Å². The fraction of sp³-hybridized carbons (Fsp3) is 0.750. The second-order valence-electron chi connectivity index (χ2n) is 4.64. The zero-order valence-electron chi connectivity index (χ0n) is 10.9. The minimum atomic E-state index is 0.588. The fourth-order valence-electron chi connectivity index (χ4n) is 2.30. The molecule has 1 aromatic heterocycles. The Morgan fingerprint density at radius 2 is 2.41 bits per heavy atom. The molecule has 2 rings (SSSR count). The molecule has 0 amide bonds. The molecule has 1 unspecified atom stereocenters.